The fraction of sp³-hybridized carbons (Fsp3) is 0.556. The van der Waals surface area contributed by atoms with Crippen molar-refractivity contribution in [2.75, 3.05) is 5.73 Å². The van der Waals surface area contributed by atoms with Gasteiger partial charge in [-0.1, -0.05) is 0 Å². The van der Waals surface area contributed by atoms with Crippen molar-refractivity contribution in [3.05, 3.63) is 17.6 Å². The first-order valence-corrected chi connectivity index (χ1v) is 4.50. The highest BCUT2D eigenvalue weighted by Gasteiger charge is 2.22. The zero-order chi connectivity index (χ0) is 9.26. The molecule has 1 aliphatic carbocycles. The number of aliphatic hydroxyl groups excluding tert-OH is 1. The lowest BCUT2D eigenvalue weighted by atomic mass is 10.2. The van der Waals surface area contributed by atoms with Gasteiger partial charge in [-0.25, -0.2) is 9.97 Å². The molecule has 70 valence electrons. The van der Waals surface area contributed by atoms with E-state index >= 15 is 0 Å². The van der Waals surface area contributed by atoms with Crippen LogP contribution in [0.2, 0.25) is 0 Å². The molecule has 1 saturated carbocycles. The van der Waals surface area contributed by atoms with Crippen LogP contribution in [-0.2, 0) is 13.0 Å². The zero-order valence-electron chi connectivity index (χ0n) is 7.40. The summed E-state index contributed by atoms with van der Waals surface area (Å²) in [5.74, 6) is 1.98. The summed E-state index contributed by atoms with van der Waals surface area (Å²) in [6, 6.07) is 0. The molecule has 0 radical (unpaired) electrons. The molecular weight excluding hydrogens is 166 g/mol. The summed E-state index contributed by atoms with van der Waals surface area (Å²) in [6.45, 7) is -0.0878. The minimum absolute atomic E-state index is 0.0878. The van der Waals surface area contributed by atoms with Crippen LogP contribution in [0, 0.1) is 5.92 Å². The normalized spacial score (nSPS) is 16.1. The SMILES string of the molecule is Nc1nc(CC2CC2)ncc1CO. The summed E-state index contributed by atoms with van der Waals surface area (Å²) in [6.07, 6.45) is 5.10. The Balaban J connectivity index is 2.13. The highest BCUT2D eigenvalue weighted by atomic mass is 16.3. The summed E-state index contributed by atoms with van der Waals surface area (Å²) in [5.41, 5.74) is 6.23. The van der Waals surface area contributed by atoms with Crippen LogP contribution in [0.5, 0.6) is 0 Å². The van der Waals surface area contributed by atoms with E-state index in [4.69, 9.17) is 10.8 Å². The van der Waals surface area contributed by atoms with E-state index in [1.54, 1.807) is 6.20 Å². The molecular formula is C9H13N3O. The number of aliphatic hydroxyl groups is 1. The number of rotatable bonds is 3. The minimum atomic E-state index is -0.0878. The molecule has 0 atom stereocenters. The lowest BCUT2D eigenvalue weighted by Crippen LogP contribution is -2.04. The summed E-state index contributed by atoms with van der Waals surface area (Å²) in [7, 11) is 0. The first kappa shape index (κ1) is 8.44. The van der Waals surface area contributed by atoms with Crippen molar-refractivity contribution < 1.29 is 5.11 Å². The first-order valence-electron chi connectivity index (χ1n) is 4.50. The van der Waals surface area contributed by atoms with Gasteiger partial charge in [0.15, 0.2) is 0 Å². The second kappa shape index (κ2) is 3.30. The molecule has 0 amide bonds. The van der Waals surface area contributed by atoms with Gasteiger partial charge in [-0.05, 0) is 18.8 Å². The van der Waals surface area contributed by atoms with E-state index in [2.05, 4.69) is 9.97 Å². The van der Waals surface area contributed by atoms with Crippen molar-refractivity contribution in [2.24, 2.45) is 5.92 Å². The van der Waals surface area contributed by atoms with Crippen molar-refractivity contribution in [2.45, 2.75) is 25.9 Å². The van der Waals surface area contributed by atoms with Crippen molar-refractivity contribution in [3.8, 4) is 0 Å². The van der Waals surface area contributed by atoms with E-state index in [0.717, 1.165) is 18.2 Å². The molecule has 4 nitrogen and oxygen atoms in total. The zero-order valence-corrected chi connectivity index (χ0v) is 7.40. The van der Waals surface area contributed by atoms with Gasteiger partial charge < -0.3 is 10.8 Å². The topological polar surface area (TPSA) is 72.0 Å². The number of nitrogens with two attached hydrogens (primary N) is 1. The number of nitrogens with zero attached hydrogens (tertiary/aromatic N) is 2. The van der Waals surface area contributed by atoms with Gasteiger partial charge in [0.2, 0.25) is 0 Å². The molecule has 1 fully saturated rings. The van der Waals surface area contributed by atoms with Gasteiger partial charge in [-0.2, -0.15) is 0 Å². The standard InChI is InChI=1S/C9H13N3O/c10-9-7(5-13)4-11-8(12-9)3-6-1-2-6/h4,6,13H,1-3,5H2,(H2,10,11,12). The molecule has 0 bridgehead atoms. The Hall–Kier alpha value is -1.16. The van der Waals surface area contributed by atoms with Crippen LogP contribution < -0.4 is 5.73 Å². The van der Waals surface area contributed by atoms with E-state index < -0.39 is 0 Å². The summed E-state index contributed by atoms with van der Waals surface area (Å²) in [4.78, 5) is 8.27. The van der Waals surface area contributed by atoms with Gasteiger partial charge in [0.05, 0.1) is 6.61 Å². The van der Waals surface area contributed by atoms with Gasteiger partial charge in [-0.15, -0.1) is 0 Å². The Bertz CT molecular complexity index is 310. The maximum Gasteiger partial charge on any atom is 0.132 e. The Labute approximate surface area is 76.8 Å². The van der Waals surface area contributed by atoms with Crippen molar-refractivity contribution in [1.82, 2.24) is 9.97 Å². The number of hydrogen-bond acceptors (Lipinski definition) is 4. The monoisotopic (exact) mass is 179 g/mol. The fourth-order valence-corrected chi connectivity index (χ4v) is 1.26. The average Bonchev–Trinajstić information content (AvgIpc) is 2.89. The highest BCUT2D eigenvalue weighted by molar-refractivity contribution is 5.36. The predicted molar refractivity (Wildman–Crippen MR) is 48.8 cm³/mol. The van der Waals surface area contributed by atoms with E-state index in [9.17, 15) is 0 Å². The maximum absolute atomic E-state index is 8.84. The molecule has 1 aromatic heterocycles. The van der Waals surface area contributed by atoms with Gasteiger partial charge in [0.1, 0.15) is 11.6 Å². The predicted octanol–water partition coefficient (Wildman–Crippen LogP) is 0.504. The van der Waals surface area contributed by atoms with Crippen LogP contribution in [0.3, 0.4) is 0 Å². The second-order valence-electron chi connectivity index (χ2n) is 3.50. The number of hydrogen-bond donors (Lipinski definition) is 2. The summed E-state index contributed by atoms with van der Waals surface area (Å²) < 4.78 is 0. The number of anilines is 1. The molecule has 0 saturated heterocycles. The molecule has 1 aromatic rings. The second-order valence-corrected chi connectivity index (χ2v) is 3.50. The fourth-order valence-electron chi connectivity index (χ4n) is 1.26. The third-order valence-electron chi connectivity index (χ3n) is 2.29. The Morgan fingerprint density at radius 3 is 2.85 bits per heavy atom. The minimum Gasteiger partial charge on any atom is -0.391 e. The van der Waals surface area contributed by atoms with E-state index in [-0.39, 0.29) is 6.61 Å². The molecule has 0 unspecified atom stereocenters. The van der Waals surface area contributed by atoms with E-state index in [1.807, 2.05) is 0 Å². The first-order chi connectivity index (χ1) is 6.29. The molecule has 0 aliphatic heterocycles. The maximum atomic E-state index is 8.84. The molecule has 1 heterocycles. The third kappa shape index (κ3) is 1.95. The van der Waals surface area contributed by atoms with Crippen molar-refractivity contribution >= 4 is 5.82 Å². The van der Waals surface area contributed by atoms with Gasteiger partial charge in [0.25, 0.3) is 0 Å². The molecule has 2 rings (SSSR count). The molecule has 4 heteroatoms. The molecule has 0 spiro atoms. The third-order valence-corrected chi connectivity index (χ3v) is 2.29. The van der Waals surface area contributed by atoms with Gasteiger partial charge in [-0.3, -0.25) is 0 Å². The molecule has 13 heavy (non-hydrogen) atoms. The van der Waals surface area contributed by atoms with Crippen LogP contribution in [0.25, 0.3) is 0 Å². The van der Waals surface area contributed by atoms with Gasteiger partial charge >= 0.3 is 0 Å². The van der Waals surface area contributed by atoms with Crippen LogP contribution in [0.15, 0.2) is 6.20 Å². The Morgan fingerprint density at radius 2 is 2.31 bits per heavy atom. The smallest absolute Gasteiger partial charge is 0.132 e. The Morgan fingerprint density at radius 1 is 1.54 bits per heavy atom. The largest absolute Gasteiger partial charge is 0.391 e. The molecule has 0 aromatic carbocycles. The van der Waals surface area contributed by atoms with Gasteiger partial charge in [0, 0.05) is 18.2 Å². The lowest BCUT2D eigenvalue weighted by Gasteiger charge is -2.02. The summed E-state index contributed by atoms with van der Waals surface area (Å²) in [5, 5.41) is 8.84. The van der Waals surface area contributed by atoms with Crippen LogP contribution in [-0.4, -0.2) is 15.1 Å². The lowest BCUT2D eigenvalue weighted by molar-refractivity contribution is 0.281. The molecule has 1 aliphatic rings. The molecule has 3 N–H and O–H groups in total. The number of nitrogen functional groups attached to an aromatic ring is 1. The van der Waals surface area contributed by atoms with Crippen molar-refractivity contribution in [1.29, 1.82) is 0 Å². The quantitative estimate of drug-likeness (QED) is 0.709. The number of aromatic nitrogens is 2. The van der Waals surface area contributed by atoms with Crippen LogP contribution in [0.4, 0.5) is 5.82 Å². The summed E-state index contributed by atoms with van der Waals surface area (Å²) >= 11 is 0. The highest BCUT2D eigenvalue weighted by Crippen LogP contribution is 2.31. The van der Waals surface area contributed by atoms with E-state index in [0.29, 0.717) is 11.4 Å². The van der Waals surface area contributed by atoms with Crippen LogP contribution in [0.1, 0.15) is 24.2 Å². The van der Waals surface area contributed by atoms with Crippen molar-refractivity contribution in [3.63, 3.8) is 0 Å². The van der Waals surface area contributed by atoms with Crippen LogP contribution >= 0.6 is 0 Å². The Kier molecular flexibility index (Phi) is 2.14. The average molecular weight is 179 g/mol. The van der Waals surface area contributed by atoms with E-state index in [1.165, 1.54) is 12.8 Å².